The van der Waals surface area contributed by atoms with Crippen LogP contribution < -0.4 is 0 Å². The van der Waals surface area contributed by atoms with Crippen molar-refractivity contribution in [3.05, 3.63) is 11.8 Å². The van der Waals surface area contributed by atoms with Gasteiger partial charge in [-0.1, -0.05) is 19.9 Å². The van der Waals surface area contributed by atoms with E-state index in [1.807, 2.05) is 0 Å². The van der Waals surface area contributed by atoms with Gasteiger partial charge in [-0.15, -0.1) is 0 Å². The SMILES string of the molecule is CN(C)C1=CCC2CC1C2(C)C. The fourth-order valence-corrected chi connectivity index (χ4v) is 2.82. The zero-order chi connectivity index (χ0) is 8.93. The Balaban J connectivity index is 2.24. The molecule has 0 spiro atoms. The van der Waals surface area contributed by atoms with Gasteiger partial charge in [0.15, 0.2) is 0 Å². The van der Waals surface area contributed by atoms with Crippen molar-refractivity contribution >= 4 is 0 Å². The highest BCUT2D eigenvalue weighted by molar-refractivity contribution is 5.21. The molecule has 3 aliphatic carbocycles. The Hall–Kier alpha value is -0.460. The molecule has 68 valence electrons. The van der Waals surface area contributed by atoms with Gasteiger partial charge in [0.25, 0.3) is 0 Å². The molecule has 0 amide bonds. The number of fused-ring (bicyclic) bond motifs is 1. The second-order valence-electron chi connectivity index (χ2n) is 5.07. The van der Waals surface area contributed by atoms with Crippen LogP contribution >= 0.6 is 0 Å². The molecule has 1 saturated carbocycles. The Morgan fingerprint density at radius 2 is 2.08 bits per heavy atom. The molecule has 2 bridgehead atoms. The maximum Gasteiger partial charge on any atom is 0.0124 e. The smallest absolute Gasteiger partial charge is 0.0124 e. The number of allylic oxidation sites excluding steroid dienone is 2. The number of nitrogens with zero attached hydrogens (tertiary/aromatic N) is 1. The van der Waals surface area contributed by atoms with Gasteiger partial charge in [-0.2, -0.15) is 0 Å². The van der Waals surface area contributed by atoms with Crippen LogP contribution in [0.1, 0.15) is 26.7 Å². The summed E-state index contributed by atoms with van der Waals surface area (Å²) in [4.78, 5) is 2.29. The van der Waals surface area contributed by atoms with Crippen molar-refractivity contribution in [1.29, 1.82) is 0 Å². The molecule has 2 atom stereocenters. The molecule has 0 aromatic heterocycles. The molecule has 1 nitrogen and oxygen atoms in total. The molecule has 3 aliphatic rings. The molecule has 0 aromatic carbocycles. The molecule has 1 heteroatoms. The highest BCUT2D eigenvalue weighted by atomic mass is 15.1. The van der Waals surface area contributed by atoms with Crippen LogP contribution in [0, 0.1) is 17.3 Å². The van der Waals surface area contributed by atoms with E-state index >= 15 is 0 Å². The number of rotatable bonds is 1. The van der Waals surface area contributed by atoms with Gasteiger partial charge in [-0.25, -0.2) is 0 Å². The lowest BCUT2D eigenvalue weighted by Gasteiger charge is -2.57. The van der Waals surface area contributed by atoms with E-state index in [0.29, 0.717) is 5.41 Å². The molecule has 0 aliphatic heterocycles. The van der Waals surface area contributed by atoms with Crippen LogP contribution in [0.15, 0.2) is 11.8 Å². The van der Waals surface area contributed by atoms with Crippen molar-refractivity contribution in [2.24, 2.45) is 17.3 Å². The first kappa shape index (κ1) is 8.15. The summed E-state index contributed by atoms with van der Waals surface area (Å²) in [6, 6.07) is 0. The molecule has 0 heterocycles. The first-order valence-electron chi connectivity index (χ1n) is 4.91. The summed E-state index contributed by atoms with van der Waals surface area (Å²) in [5.74, 6) is 1.80. The van der Waals surface area contributed by atoms with Crippen molar-refractivity contribution < 1.29 is 0 Å². The lowest BCUT2D eigenvalue weighted by molar-refractivity contribution is -0.0206. The second-order valence-corrected chi connectivity index (χ2v) is 5.07. The van der Waals surface area contributed by atoms with Gasteiger partial charge in [-0.3, -0.25) is 0 Å². The van der Waals surface area contributed by atoms with Gasteiger partial charge in [-0.05, 0) is 24.2 Å². The Kier molecular flexibility index (Phi) is 1.54. The monoisotopic (exact) mass is 165 g/mol. The topological polar surface area (TPSA) is 3.24 Å². The average molecular weight is 165 g/mol. The number of hydrogen-bond donors (Lipinski definition) is 0. The minimum atomic E-state index is 0.578. The Labute approximate surface area is 75.4 Å². The standard InChI is InChI=1S/C11H19N/c1-11(2)8-5-6-10(12(3)4)9(11)7-8/h6,8-9H,5,7H2,1-4H3. The fourth-order valence-electron chi connectivity index (χ4n) is 2.82. The zero-order valence-electron chi connectivity index (χ0n) is 8.59. The van der Waals surface area contributed by atoms with Crippen LogP contribution in [0.25, 0.3) is 0 Å². The maximum absolute atomic E-state index is 2.43. The maximum atomic E-state index is 2.43. The van der Waals surface area contributed by atoms with E-state index in [0.717, 1.165) is 11.8 Å². The van der Waals surface area contributed by atoms with Crippen molar-refractivity contribution in [3.8, 4) is 0 Å². The zero-order valence-corrected chi connectivity index (χ0v) is 8.59. The molecule has 0 saturated heterocycles. The summed E-state index contributed by atoms with van der Waals surface area (Å²) in [6.45, 7) is 4.84. The van der Waals surface area contributed by atoms with E-state index in [2.05, 4.69) is 38.9 Å². The van der Waals surface area contributed by atoms with Gasteiger partial charge in [0.2, 0.25) is 0 Å². The first-order chi connectivity index (χ1) is 5.53. The van der Waals surface area contributed by atoms with Crippen LogP contribution in [0.4, 0.5) is 0 Å². The van der Waals surface area contributed by atoms with E-state index in [1.165, 1.54) is 12.8 Å². The van der Waals surface area contributed by atoms with Crippen LogP contribution in [0.2, 0.25) is 0 Å². The van der Waals surface area contributed by atoms with Crippen LogP contribution in [-0.2, 0) is 0 Å². The minimum absolute atomic E-state index is 0.578. The second kappa shape index (κ2) is 2.27. The van der Waals surface area contributed by atoms with E-state index in [-0.39, 0.29) is 0 Å². The van der Waals surface area contributed by atoms with Crippen molar-refractivity contribution in [2.45, 2.75) is 26.7 Å². The Bertz CT molecular complexity index is 225. The Morgan fingerprint density at radius 1 is 1.42 bits per heavy atom. The van der Waals surface area contributed by atoms with Crippen molar-refractivity contribution in [3.63, 3.8) is 0 Å². The van der Waals surface area contributed by atoms with Gasteiger partial charge in [0, 0.05) is 25.7 Å². The summed E-state index contributed by atoms with van der Waals surface area (Å²) < 4.78 is 0. The Morgan fingerprint density at radius 3 is 2.42 bits per heavy atom. The van der Waals surface area contributed by atoms with Crippen LogP contribution in [0.3, 0.4) is 0 Å². The van der Waals surface area contributed by atoms with Gasteiger partial charge < -0.3 is 4.90 Å². The van der Waals surface area contributed by atoms with Gasteiger partial charge in [0.05, 0.1) is 0 Å². The summed E-state index contributed by atoms with van der Waals surface area (Å²) >= 11 is 0. The average Bonchev–Trinajstić information content (AvgIpc) is 2.04. The van der Waals surface area contributed by atoms with Crippen LogP contribution in [0.5, 0.6) is 0 Å². The van der Waals surface area contributed by atoms with Crippen molar-refractivity contribution in [1.82, 2.24) is 4.90 Å². The molecular formula is C11H19N. The lowest BCUT2D eigenvalue weighted by Crippen LogP contribution is -2.50. The largest absolute Gasteiger partial charge is 0.381 e. The third kappa shape index (κ3) is 0.854. The molecule has 1 fully saturated rings. The van der Waals surface area contributed by atoms with Crippen molar-refractivity contribution in [2.75, 3.05) is 14.1 Å². The summed E-state index contributed by atoms with van der Waals surface area (Å²) in [7, 11) is 4.33. The molecule has 12 heavy (non-hydrogen) atoms. The fraction of sp³-hybridized carbons (Fsp3) is 0.818. The lowest BCUT2D eigenvalue weighted by atomic mass is 9.50. The predicted octanol–water partition coefficient (Wildman–Crippen LogP) is 2.50. The van der Waals surface area contributed by atoms with E-state index in [4.69, 9.17) is 0 Å². The molecule has 2 unspecified atom stereocenters. The molecular weight excluding hydrogens is 146 g/mol. The predicted molar refractivity (Wildman–Crippen MR) is 51.8 cm³/mol. The molecule has 0 radical (unpaired) electrons. The quantitative estimate of drug-likeness (QED) is 0.577. The third-order valence-corrected chi connectivity index (χ3v) is 3.96. The molecule has 0 N–H and O–H groups in total. The molecule has 0 aromatic rings. The summed E-state index contributed by atoms with van der Waals surface area (Å²) in [6.07, 6.45) is 5.16. The third-order valence-electron chi connectivity index (χ3n) is 3.96. The van der Waals surface area contributed by atoms with E-state index in [1.54, 1.807) is 5.70 Å². The van der Waals surface area contributed by atoms with Gasteiger partial charge >= 0.3 is 0 Å². The van der Waals surface area contributed by atoms with Crippen LogP contribution in [-0.4, -0.2) is 19.0 Å². The number of hydrogen-bond acceptors (Lipinski definition) is 1. The van der Waals surface area contributed by atoms with Gasteiger partial charge in [0.1, 0.15) is 0 Å². The first-order valence-corrected chi connectivity index (χ1v) is 4.91. The highest BCUT2D eigenvalue weighted by Gasteiger charge is 2.51. The normalized spacial score (nSPS) is 36.8. The van der Waals surface area contributed by atoms with E-state index in [9.17, 15) is 0 Å². The highest BCUT2D eigenvalue weighted by Crippen LogP contribution is 2.59. The van der Waals surface area contributed by atoms with E-state index < -0.39 is 0 Å². The molecule has 3 rings (SSSR count). The summed E-state index contributed by atoms with van der Waals surface area (Å²) in [5, 5.41) is 0. The minimum Gasteiger partial charge on any atom is -0.381 e. The summed E-state index contributed by atoms with van der Waals surface area (Å²) in [5.41, 5.74) is 2.15.